The maximum Gasteiger partial charge on any atom is 0.417 e. The molecule has 0 saturated carbocycles. The zero-order valence-electron chi connectivity index (χ0n) is 14.3. The second kappa shape index (κ2) is 9.07. The number of benzene rings is 1. The highest BCUT2D eigenvalue weighted by Gasteiger charge is 2.30. The molecule has 1 aromatic heterocycles. The molecule has 0 radical (unpaired) electrons. The third kappa shape index (κ3) is 6.62. The smallest absolute Gasteiger partial charge is 0.417 e. The molecule has 0 aliphatic rings. The zero-order valence-corrected chi connectivity index (χ0v) is 14.3. The Bertz CT molecular complexity index is 718. The van der Waals surface area contributed by atoms with Gasteiger partial charge in [0.15, 0.2) is 6.61 Å². The third-order valence-corrected chi connectivity index (χ3v) is 3.43. The van der Waals surface area contributed by atoms with Crippen molar-refractivity contribution in [3.05, 3.63) is 53.7 Å². The van der Waals surface area contributed by atoms with Crippen LogP contribution < -0.4 is 15.4 Å². The average Bonchev–Trinajstić information content (AvgIpc) is 2.59. The molecule has 2 rings (SSSR count). The van der Waals surface area contributed by atoms with Crippen LogP contribution in [0.4, 0.5) is 19.0 Å². The average molecular weight is 367 g/mol. The Hall–Kier alpha value is -2.77. The van der Waals surface area contributed by atoms with E-state index in [1.807, 2.05) is 25.1 Å². The summed E-state index contributed by atoms with van der Waals surface area (Å²) >= 11 is 0. The lowest BCUT2D eigenvalue weighted by Gasteiger charge is -2.10. The van der Waals surface area contributed by atoms with Crippen molar-refractivity contribution in [3.63, 3.8) is 0 Å². The fourth-order valence-corrected chi connectivity index (χ4v) is 2.10. The van der Waals surface area contributed by atoms with Gasteiger partial charge in [-0.25, -0.2) is 4.98 Å². The summed E-state index contributed by atoms with van der Waals surface area (Å²) in [4.78, 5) is 15.4. The van der Waals surface area contributed by atoms with Gasteiger partial charge < -0.3 is 15.4 Å². The van der Waals surface area contributed by atoms with E-state index in [-0.39, 0.29) is 12.5 Å². The summed E-state index contributed by atoms with van der Waals surface area (Å²) in [5.74, 6) is 0.751. The summed E-state index contributed by atoms with van der Waals surface area (Å²) in [5, 5.41) is 5.61. The molecule has 0 saturated heterocycles. The number of halogens is 3. The molecule has 0 unspecified atom stereocenters. The maximum atomic E-state index is 12.4. The predicted molar refractivity (Wildman–Crippen MR) is 92.0 cm³/mol. The molecular weight excluding hydrogens is 347 g/mol. The number of anilines is 1. The first-order valence-electron chi connectivity index (χ1n) is 8.08. The highest BCUT2D eigenvalue weighted by Crippen LogP contribution is 2.28. The van der Waals surface area contributed by atoms with Crippen LogP contribution in [0.2, 0.25) is 0 Å². The molecule has 0 spiro atoms. The topological polar surface area (TPSA) is 63.2 Å². The number of aromatic nitrogens is 1. The molecule has 0 fully saturated rings. The van der Waals surface area contributed by atoms with E-state index < -0.39 is 11.7 Å². The van der Waals surface area contributed by atoms with Crippen molar-refractivity contribution in [2.24, 2.45) is 0 Å². The van der Waals surface area contributed by atoms with Crippen LogP contribution in [-0.2, 0) is 11.0 Å². The summed E-state index contributed by atoms with van der Waals surface area (Å²) in [5.41, 5.74) is 0.259. The number of alkyl halides is 3. The molecule has 26 heavy (non-hydrogen) atoms. The van der Waals surface area contributed by atoms with Gasteiger partial charge >= 0.3 is 6.18 Å². The molecule has 0 atom stereocenters. The van der Waals surface area contributed by atoms with Crippen molar-refractivity contribution in [1.82, 2.24) is 10.3 Å². The minimum absolute atomic E-state index is 0.0721. The van der Waals surface area contributed by atoms with Crippen LogP contribution in [0.25, 0.3) is 0 Å². The van der Waals surface area contributed by atoms with E-state index in [0.29, 0.717) is 31.1 Å². The Morgan fingerprint density at radius 3 is 2.65 bits per heavy atom. The Balaban J connectivity index is 1.60. The number of rotatable bonds is 8. The van der Waals surface area contributed by atoms with Crippen molar-refractivity contribution in [3.8, 4) is 5.75 Å². The second-order valence-electron chi connectivity index (χ2n) is 5.67. The highest BCUT2D eigenvalue weighted by molar-refractivity contribution is 5.77. The first-order chi connectivity index (χ1) is 12.3. The van der Waals surface area contributed by atoms with E-state index in [9.17, 15) is 18.0 Å². The van der Waals surface area contributed by atoms with Crippen LogP contribution in [0.15, 0.2) is 42.6 Å². The molecular formula is C18H20F3N3O2. The number of hydrogen-bond acceptors (Lipinski definition) is 4. The number of carbonyl (C=O) groups excluding carboxylic acids is 1. The lowest BCUT2D eigenvalue weighted by Crippen LogP contribution is -2.30. The van der Waals surface area contributed by atoms with Crippen LogP contribution in [0.3, 0.4) is 0 Å². The second-order valence-corrected chi connectivity index (χ2v) is 5.67. The van der Waals surface area contributed by atoms with Gasteiger partial charge in [-0.3, -0.25) is 4.79 Å². The minimum Gasteiger partial charge on any atom is -0.484 e. The number of carbonyl (C=O) groups is 1. The number of nitrogens with one attached hydrogen (secondary N) is 2. The van der Waals surface area contributed by atoms with E-state index in [0.717, 1.165) is 17.8 Å². The van der Waals surface area contributed by atoms with E-state index >= 15 is 0 Å². The molecule has 140 valence electrons. The Morgan fingerprint density at radius 1 is 1.19 bits per heavy atom. The number of pyridine rings is 1. The first kappa shape index (κ1) is 19.6. The summed E-state index contributed by atoms with van der Waals surface area (Å²) in [6.45, 7) is 2.75. The quantitative estimate of drug-likeness (QED) is 0.702. The van der Waals surface area contributed by atoms with Crippen LogP contribution in [0, 0.1) is 6.92 Å². The van der Waals surface area contributed by atoms with Gasteiger partial charge in [0.05, 0.1) is 5.56 Å². The summed E-state index contributed by atoms with van der Waals surface area (Å²) in [6.07, 6.45) is -3.01. The Kier molecular flexibility index (Phi) is 6.82. The predicted octanol–water partition coefficient (Wildman–Crippen LogP) is 3.41. The highest BCUT2D eigenvalue weighted by atomic mass is 19.4. The molecule has 8 heteroatoms. The van der Waals surface area contributed by atoms with Crippen molar-refractivity contribution in [2.75, 3.05) is 25.0 Å². The van der Waals surface area contributed by atoms with Crippen LogP contribution in [0.1, 0.15) is 17.5 Å². The van der Waals surface area contributed by atoms with E-state index in [2.05, 4.69) is 15.6 Å². The lowest BCUT2D eigenvalue weighted by molar-refractivity contribution is -0.137. The van der Waals surface area contributed by atoms with Crippen LogP contribution >= 0.6 is 0 Å². The van der Waals surface area contributed by atoms with Gasteiger partial charge in [0.2, 0.25) is 0 Å². The standard InChI is InChI=1S/C18H20F3N3O2/c1-13-4-2-5-15(10-13)26-12-17(25)23-9-3-8-22-16-7-6-14(11-24-16)18(19,20)21/h2,4-7,10-11H,3,8-9,12H2,1H3,(H,22,24)(H,23,25). The zero-order chi connectivity index (χ0) is 19.0. The number of hydrogen-bond donors (Lipinski definition) is 2. The number of nitrogens with zero attached hydrogens (tertiary/aromatic N) is 1. The third-order valence-electron chi connectivity index (χ3n) is 3.43. The summed E-state index contributed by atoms with van der Waals surface area (Å²) < 4.78 is 42.7. The van der Waals surface area contributed by atoms with Gasteiger partial charge in [0.1, 0.15) is 11.6 Å². The molecule has 1 aromatic carbocycles. The fourth-order valence-electron chi connectivity index (χ4n) is 2.10. The fraction of sp³-hybridized carbons (Fsp3) is 0.333. The van der Waals surface area contributed by atoms with Gasteiger partial charge in [-0.15, -0.1) is 0 Å². The number of aryl methyl sites for hydroxylation is 1. The Labute approximate surface area is 149 Å². The number of ether oxygens (including phenoxy) is 1. The molecule has 1 amide bonds. The summed E-state index contributed by atoms with van der Waals surface area (Å²) in [7, 11) is 0. The lowest BCUT2D eigenvalue weighted by atomic mass is 10.2. The molecule has 0 bridgehead atoms. The van der Waals surface area contributed by atoms with Gasteiger partial charge in [-0.2, -0.15) is 13.2 Å². The normalized spacial score (nSPS) is 11.1. The largest absolute Gasteiger partial charge is 0.484 e. The van der Waals surface area contributed by atoms with Crippen molar-refractivity contribution < 1.29 is 22.7 Å². The minimum atomic E-state index is -4.39. The molecule has 2 N–H and O–H groups in total. The van der Waals surface area contributed by atoms with Crippen molar-refractivity contribution in [1.29, 1.82) is 0 Å². The Morgan fingerprint density at radius 2 is 2.00 bits per heavy atom. The molecule has 0 aliphatic carbocycles. The maximum absolute atomic E-state index is 12.4. The van der Waals surface area contributed by atoms with E-state index in [1.54, 1.807) is 6.07 Å². The van der Waals surface area contributed by atoms with Gasteiger partial charge in [0.25, 0.3) is 5.91 Å². The van der Waals surface area contributed by atoms with Gasteiger partial charge in [0, 0.05) is 19.3 Å². The summed E-state index contributed by atoms with van der Waals surface area (Å²) in [6, 6.07) is 9.65. The van der Waals surface area contributed by atoms with E-state index in [4.69, 9.17) is 4.74 Å². The monoisotopic (exact) mass is 367 g/mol. The van der Waals surface area contributed by atoms with Crippen molar-refractivity contribution in [2.45, 2.75) is 19.5 Å². The SMILES string of the molecule is Cc1cccc(OCC(=O)NCCCNc2ccc(C(F)(F)F)cn2)c1. The number of amides is 1. The van der Waals surface area contributed by atoms with Crippen molar-refractivity contribution >= 4 is 11.7 Å². The molecule has 2 aromatic rings. The first-order valence-corrected chi connectivity index (χ1v) is 8.08. The molecule has 5 nitrogen and oxygen atoms in total. The molecule has 1 heterocycles. The van der Waals surface area contributed by atoms with Gasteiger partial charge in [-0.1, -0.05) is 12.1 Å². The van der Waals surface area contributed by atoms with Crippen LogP contribution in [-0.4, -0.2) is 30.6 Å². The van der Waals surface area contributed by atoms with E-state index in [1.165, 1.54) is 6.07 Å². The van der Waals surface area contributed by atoms with Gasteiger partial charge in [-0.05, 0) is 43.2 Å². The molecule has 0 aliphatic heterocycles. The van der Waals surface area contributed by atoms with Crippen LogP contribution in [0.5, 0.6) is 5.75 Å².